The molecule has 10 heteroatoms. The number of phenolic OH excluding ortho intramolecular Hbond substituents is 2. The first-order valence-corrected chi connectivity index (χ1v) is 9.33. The lowest BCUT2D eigenvalue weighted by atomic mass is 10.1. The quantitative estimate of drug-likeness (QED) is 0.360. The average Bonchev–Trinajstić information content (AvgIpc) is 2.70. The second-order valence-electron chi connectivity index (χ2n) is 6.51. The van der Waals surface area contributed by atoms with E-state index in [1.807, 2.05) is 0 Å². The third-order valence-corrected chi connectivity index (χ3v) is 4.69. The zero-order valence-electron chi connectivity index (χ0n) is 15.5. The minimum absolute atomic E-state index is 0.114. The number of nitrogens with zero attached hydrogens (tertiary/aromatic N) is 3. The Kier molecular flexibility index (Phi) is 5.11. The van der Waals surface area contributed by atoms with Crippen LogP contribution in [0.25, 0.3) is 16.7 Å². The molecule has 152 valence electrons. The Morgan fingerprint density at radius 2 is 1.93 bits per heavy atom. The van der Waals surface area contributed by atoms with Crippen molar-refractivity contribution in [3.05, 3.63) is 80.1 Å². The fourth-order valence-electron chi connectivity index (χ4n) is 2.98. The van der Waals surface area contributed by atoms with Crippen LogP contribution >= 0.6 is 11.6 Å². The minimum atomic E-state index is -0.640. The van der Waals surface area contributed by atoms with E-state index in [0.717, 1.165) is 10.1 Å². The van der Waals surface area contributed by atoms with Gasteiger partial charge in [-0.15, -0.1) is 0 Å². The zero-order valence-corrected chi connectivity index (χ0v) is 16.2. The first kappa shape index (κ1) is 19.5. The first-order chi connectivity index (χ1) is 14.4. The second-order valence-corrected chi connectivity index (χ2v) is 6.94. The molecule has 30 heavy (non-hydrogen) atoms. The van der Waals surface area contributed by atoms with Gasteiger partial charge in [-0.25, -0.2) is 14.3 Å². The SMILES string of the molecule is O=c1[nH]c2nc(NCCc3ccc(O)c(O)c3)ncc2c(=O)n1-c1cccc(Cl)c1. The highest BCUT2D eigenvalue weighted by molar-refractivity contribution is 6.30. The number of anilines is 1. The van der Waals surface area contributed by atoms with Gasteiger partial charge in [0.15, 0.2) is 17.1 Å². The topological polar surface area (TPSA) is 133 Å². The summed E-state index contributed by atoms with van der Waals surface area (Å²) in [6, 6.07) is 11.0. The molecule has 0 unspecified atom stereocenters. The summed E-state index contributed by atoms with van der Waals surface area (Å²) in [7, 11) is 0. The van der Waals surface area contributed by atoms with Crippen LogP contribution in [0.4, 0.5) is 5.95 Å². The molecule has 0 aliphatic heterocycles. The summed E-state index contributed by atoms with van der Waals surface area (Å²) in [5.41, 5.74) is 0.0654. The van der Waals surface area contributed by atoms with Gasteiger partial charge < -0.3 is 15.5 Å². The molecule has 9 nitrogen and oxygen atoms in total. The summed E-state index contributed by atoms with van der Waals surface area (Å²) in [5, 5.41) is 22.4. The predicted octanol–water partition coefficient (Wildman–Crippen LogP) is 2.19. The van der Waals surface area contributed by atoms with E-state index in [2.05, 4.69) is 20.3 Å². The van der Waals surface area contributed by atoms with Gasteiger partial charge in [0.05, 0.1) is 5.69 Å². The first-order valence-electron chi connectivity index (χ1n) is 8.95. The number of aromatic hydroxyl groups is 2. The van der Waals surface area contributed by atoms with Crippen LogP contribution in [0.1, 0.15) is 5.56 Å². The van der Waals surface area contributed by atoms with Gasteiger partial charge in [0, 0.05) is 17.8 Å². The van der Waals surface area contributed by atoms with Crippen molar-refractivity contribution in [2.75, 3.05) is 11.9 Å². The number of hydrogen-bond acceptors (Lipinski definition) is 7. The van der Waals surface area contributed by atoms with Gasteiger partial charge in [-0.2, -0.15) is 4.98 Å². The zero-order chi connectivity index (χ0) is 21.3. The largest absolute Gasteiger partial charge is 0.504 e. The van der Waals surface area contributed by atoms with Crippen LogP contribution in [-0.2, 0) is 6.42 Å². The van der Waals surface area contributed by atoms with Crippen molar-refractivity contribution >= 4 is 28.6 Å². The van der Waals surface area contributed by atoms with E-state index in [-0.39, 0.29) is 28.5 Å². The lowest BCUT2D eigenvalue weighted by Gasteiger charge is -2.08. The van der Waals surface area contributed by atoms with Crippen LogP contribution in [0.5, 0.6) is 11.5 Å². The molecule has 4 N–H and O–H groups in total. The fraction of sp³-hybridized carbons (Fsp3) is 0.100. The molecule has 0 bridgehead atoms. The highest BCUT2D eigenvalue weighted by atomic mass is 35.5. The van der Waals surface area contributed by atoms with E-state index in [0.29, 0.717) is 23.7 Å². The molecule has 0 atom stereocenters. The van der Waals surface area contributed by atoms with Crippen molar-refractivity contribution in [2.24, 2.45) is 0 Å². The van der Waals surface area contributed by atoms with E-state index in [1.165, 1.54) is 24.4 Å². The van der Waals surface area contributed by atoms with Gasteiger partial charge in [0.25, 0.3) is 5.56 Å². The number of phenols is 2. The monoisotopic (exact) mass is 425 g/mol. The highest BCUT2D eigenvalue weighted by Crippen LogP contribution is 2.25. The van der Waals surface area contributed by atoms with Gasteiger partial charge in [0.1, 0.15) is 5.39 Å². The Bertz CT molecular complexity index is 1370. The van der Waals surface area contributed by atoms with E-state index in [9.17, 15) is 19.8 Å². The predicted molar refractivity (Wildman–Crippen MR) is 113 cm³/mol. The molecular formula is C20H16ClN5O4. The molecular weight excluding hydrogens is 410 g/mol. The number of rotatable bonds is 5. The molecule has 2 aromatic carbocycles. The van der Waals surface area contributed by atoms with E-state index in [4.69, 9.17) is 11.6 Å². The van der Waals surface area contributed by atoms with Crippen LogP contribution in [0.15, 0.2) is 58.3 Å². The highest BCUT2D eigenvalue weighted by Gasteiger charge is 2.12. The number of aromatic amines is 1. The summed E-state index contributed by atoms with van der Waals surface area (Å²) >= 11 is 5.96. The van der Waals surface area contributed by atoms with Gasteiger partial charge >= 0.3 is 5.69 Å². The van der Waals surface area contributed by atoms with Crippen molar-refractivity contribution in [3.63, 3.8) is 0 Å². The summed E-state index contributed by atoms with van der Waals surface area (Å²) in [6.45, 7) is 0.430. The van der Waals surface area contributed by atoms with Gasteiger partial charge in [-0.05, 0) is 42.3 Å². The standard InChI is InChI=1S/C20H16ClN5O4/c21-12-2-1-3-13(9-12)26-18(29)14-10-23-19(24-17(14)25-20(26)30)22-7-6-11-4-5-15(27)16(28)8-11/h1-5,8-10,27-28H,6-7H2,(H2,22,23,24,25,30). The Morgan fingerprint density at radius 1 is 1.10 bits per heavy atom. The molecule has 0 aliphatic carbocycles. The number of fused-ring (bicyclic) bond motifs is 1. The van der Waals surface area contributed by atoms with E-state index >= 15 is 0 Å². The summed E-state index contributed by atoms with van der Waals surface area (Å²) in [6.07, 6.45) is 1.87. The number of halogens is 1. The molecule has 2 heterocycles. The molecule has 0 radical (unpaired) electrons. The third-order valence-electron chi connectivity index (χ3n) is 4.45. The van der Waals surface area contributed by atoms with Crippen LogP contribution < -0.4 is 16.6 Å². The van der Waals surface area contributed by atoms with Crippen molar-refractivity contribution in [1.82, 2.24) is 19.5 Å². The van der Waals surface area contributed by atoms with E-state index < -0.39 is 11.2 Å². The molecule has 4 rings (SSSR count). The molecule has 0 saturated heterocycles. The number of aromatic nitrogens is 4. The van der Waals surface area contributed by atoms with Crippen LogP contribution in [-0.4, -0.2) is 36.3 Å². The summed E-state index contributed by atoms with van der Waals surface area (Å²) in [5.74, 6) is -0.138. The van der Waals surface area contributed by atoms with E-state index in [1.54, 1.807) is 24.3 Å². The van der Waals surface area contributed by atoms with Crippen LogP contribution in [0.3, 0.4) is 0 Å². The van der Waals surface area contributed by atoms with Crippen LogP contribution in [0.2, 0.25) is 5.02 Å². The van der Waals surface area contributed by atoms with Crippen LogP contribution in [0, 0.1) is 0 Å². The smallest absolute Gasteiger partial charge is 0.334 e. The van der Waals surface area contributed by atoms with Crippen molar-refractivity contribution in [2.45, 2.75) is 6.42 Å². The molecule has 4 aromatic rings. The molecule has 0 saturated carbocycles. The second kappa shape index (κ2) is 7.88. The lowest BCUT2D eigenvalue weighted by molar-refractivity contribution is 0.403. The van der Waals surface area contributed by atoms with Crippen molar-refractivity contribution in [1.29, 1.82) is 0 Å². The number of benzene rings is 2. The lowest BCUT2D eigenvalue weighted by Crippen LogP contribution is -2.34. The third kappa shape index (κ3) is 3.83. The maximum atomic E-state index is 12.8. The fourth-order valence-corrected chi connectivity index (χ4v) is 3.17. The molecule has 2 aromatic heterocycles. The normalized spacial score (nSPS) is 11.0. The molecule has 0 fully saturated rings. The van der Waals surface area contributed by atoms with Gasteiger partial charge in [-0.3, -0.25) is 9.78 Å². The molecule has 0 amide bonds. The molecule has 0 spiro atoms. The van der Waals surface area contributed by atoms with Gasteiger partial charge in [0.2, 0.25) is 5.95 Å². The Hall–Kier alpha value is -3.85. The molecule has 0 aliphatic rings. The van der Waals surface area contributed by atoms with Crippen molar-refractivity contribution in [3.8, 4) is 17.2 Å². The Labute approximate surface area is 174 Å². The number of hydrogen-bond donors (Lipinski definition) is 4. The van der Waals surface area contributed by atoms with Gasteiger partial charge in [-0.1, -0.05) is 23.7 Å². The summed E-state index contributed by atoms with van der Waals surface area (Å²) in [4.78, 5) is 36.2. The number of nitrogens with one attached hydrogen (secondary N) is 2. The minimum Gasteiger partial charge on any atom is -0.504 e. The van der Waals surface area contributed by atoms with Crippen molar-refractivity contribution < 1.29 is 10.2 Å². The number of H-pyrrole nitrogens is 1. The average molecular weight is 426 g/mol. The maximum absolute atomic E-state index is 12.8. The Balaban J connectivity index is 1.59. The maximum Gasteiger partial charge on any atom is 0.334 e. The summed E-state index contributed by atoms with van der Waals surface area (Å²) < 4.78 is 0.974. The Morgan fingerprint density at radius 3 is 2.70 bits per heavy atom.